The number of anilines is 1. The lowest BCUT2D eigenvalue weighted by Gasteiger charge is -2.35. The van der Waals surface area contributed by atoms with E-state index in [-0.39, 0.29) is 6.04 Å². The van der Waals surface area contributed by atoms with Crippen LogP contribution in [0.5, 0.6) is 0 Å². The largest absolute Gasteiger partial charge is 0.370 e. The lowest BCUT2D eigenvalue weighted by Crippen LogP contribution is -2.37. The van der Waals surface area contributed by atoms with Crippen LogP contribution in [0.15, 0.2) is 18.2 Å². The van der Waals surface area contributed by atoms with Crippen molar-refractivity contribution in [3.05, 3.63) is 28.8 Å². The summed E-state index contributed by atoms with van der Waals surface area (Å²) in [7, 11) is 4.30. The highest BCUT2D eigenvalue weighted by Crippen LogP contribution is 2.31. The van der Waals surface area contributed by atoms with E-state index in [1.165, 1.54) is 19.4 Å². The molecule has 3 nitrogen and oxygen atoms in total. The number of nitrogens with two attached hydrogens (primary N) is 1. The molecule has 0 radical (unpaired) electrons. The first-order chi connectivity index (χ1) is 9.47. The summed E-state index contributed by atoms with van der Waals surface area (Å²) in [6, 6.07) is 6.26. The van der Waals surface area contributed by atoms with E-state index in [9.17, 15) is 0 Å². The van der Waals surface area contributed by atoms with Gasteiger partial charge in [0.1, 0.15) is 0 Å². The Kier molecular flexibility index (Phi) is 5.30. The van der Waals surface area contributed by atoms with Gasteiger partial charge in [0.05, 0.1) is 10.7 Å². The standard InChI is InChI=1S/C16H26ClN3/c1-12(18)14-4-5-16(15(17)10-14)20-8-6-13(7-9-20)11-19(2)3/h4-5,10,12-13H,6-9,11,18H2,1-3H3/t12-/m1/s1. The second-order valence-electron chi connectivity index (χ2n) is 6.19. The minimum atomic E-state index is 0.0346. The molecule has 1 heterocycles. The molecule has 0 spiro atoms. The Labute approximate surface area is 127 Å². The molecule has 0 aliphatic carbocycles. The first-order valence-electron chi connectivity index (χ1n) is 7.42. The minimum Gasteiger partial charge on any atom is -0.370 e. The van der Waals surface area contributed by atoms with Gasteiger partial charge < -0.3 is 15.5 Å². The Morgan fingerprint density at radius 3 is 2.50 bits per heavy atom. The van der Waals surface area contributed by atoms with E-state index in [0.717, 1.165) is 35.3 Å². The van der Waals surface area contributed by atoms with Crippen LogP contribution in [-0.4, -0.2) is 38.6 Å². The number of nitrogens with zero attached hydrogens (tertiary/aromatic N) is 2. The van der Waals surface area contributed by atoms with Gasteiger partial charge in [0.15, 0.2) is 0 Å². The molecule has 4 heteroatoms. The Morgan fingerprint density at radius 1 is 1.35 bits per heavy atom. The number of piperidine rings is 1. The molecule has 0 amide bonds. The van der Waals surface area contributed by atoms with Gasteiger partial charge in [-0.05, 0) is 57.5 Å². The zero-order valence-corrected chi connectivity index (χ0v) is 13.5. The SMILES string of the molecule is C[C@@H](N)c1ccc(N2CCC(CN(C)C)CC2)c(Cl)c1. The Bertz CT molecular complexity index is 437. The quantitative estimate of drug-likeness (QED) is 0.926. The van der Waals surface area contributed by atoms with Crippen LogP contribution in [0.4, 0.5) is 5.69 Å². The zero-order chi connectivity index (χ0) is 14.7. The van der Waals surface area contributed by atoms with Crippen LogP contribution in [-0.2, 0) is 0 Å². The highest BCUT2D eigenvalue weighted by molar-refractivity contribution is 6.33. The van der Waals surface area contributed by atoms with Crippen molar-refractivity contribution in [2.45, 2.75) is 25.8 Å². The van der Waals surface area contributed by atoms with Crippen molar-refractivity contribution in [1.29, 1.82) is 0 Å². The molecule has 0 unspecified atom stereocenters. The summed E-state index contributed by atoms with van der Waals surface area (Å²) in [5.41, 5.74) is 8.15. The lowest BCUT2D eigenvalue weighted by atomic mass is 9.96. The molecule has 1 saturated heterocycles. The highest BCUT2D eigenvalue weighted by Gasteiger charge is 2.21. The van der Waals surface area contributed by atoms with Crippen molar-refractivity contribution in [1.82, 2.24) is 4.90 Å². The van der Waals surface area contributed by atoms with Gasteiger partial charge in [-0.2, -0.15) is 0 Å². The molecule has 1 atom stereocenters. The van der Waals surface area contributed by atoms with Crippen LogP contribution in [0.2, 0.25) is 5.02 Å². The third-order valence-electron chi connectivity index (χ3n) is 4.08. The molecule has 20 heavy (non-hydrogen) atoms. The van der Waals surface area contributed by atoms with E-state index in [2.05, 4.69) is 36.0 Å². The number of halogens is 1. The summed E-state index contributed by atoms with van der Waals surface area (Å²) in [6.07, 6.45) is 2.48. The summed E-state index contributed by atoms with van der Waals surface area (Å²) in [6.45, 7) is 5.36. The van der Waals surface area contributed by atoms with Crippen LogP contribution >= 0.6 is 11.6 Å². The monoisotopic (exact) mass is 295 g/mol. The molecule has 1 aromatic carbocycles. The summed E-state index contributed by atoms with van der Waals surface area (Å²) in [5.74, 6) is 0.809. The van der Waals surface area contributed by atoms with E-state index >= 15 is 0 Å². The third-order valence-corrected chi connectivity index (χ3v) is 4.38. The average Bonchev–Trinajstić information content (AvgIpc) is 2.39. The Balaban J connectivity index is 2.00. The van der Waals surface area contributed by atoms with E-state index in [0.29, 0.717) is 0 Å². The van der Waals surface area contributed by atoms with Crippen molar-refractivity contribution in [2.75, 3.05) is 38.6 Å². The van der Waals surface area contributed by atoms with Gasteiger partial charge in [-0.3, -0.25) is 0 Å². The van der Waals surface area contributed by atoms with E-state index in [1.807, 2.05) is 13.0 Å². The van der Waals surface area contributed by atoms with Crippen LogP contribution in [0.25, 0.3) is 0 Å². The zero-order valence-electron chi connectivity index (χ0n) is 12.8. The van der Waals surface area contributed by atoms with Crippen LogP contribution in [0.3, 0.4) is 0 Å². The van der Waals surface area contributed by atoms with Gasteiger partial charge >= 0.3 is 0 Å². The molecule has 2 rings (SSSR count). The molecule has 1 aliphatic heterocycles. The average molecular weight is 296 g/mol. The van der Waals surface area contributed by atoms with E-state index in [4.69, 9.17) is 17.3 Å². The summed E-state index contributed by atoms with van der Waals surface area (Å²) in [5, 5.41) is 0.825. The highest BCUT2D eigenvalue weighted by atomic mass is 35.5. The summed E-state index contributed by atoms with van der Waals surface area (Å²) < 4.78 is 0. The van der Waals surface area contributed by atoms with Gasteiger partial charge in [-0.1, -0.05) is 17.7 Å². The van der Waals surface area contributed by atoms with Crippen LogP contribution < -0.4 is 10.6 Å². The summed E-state index contributed by atoms with van der Waals surface area (Å²) in [4.78, 5) is 4.68. The number of rotatable bonds is 4. The van der Waals surface area contributed by atoms with Crippen LogP contribution in [0, 0.1) is 5.92 Å². The Hall–Kier alpha value is -0.770. The van der Waals surface area contributed by atoms with Gasteiger partial charge in [0, 0.05) is 25.7 Å². The summed E-state index contributed by atoms with van der Waals surface area (Å²) >= 11 is 6.42. The van der Waals surface area contributed by atoms with Gasteiger partial charge in [0.2, 0.25) is 0 Å². The molecule has 0 bridgehead atoms. The smallest absolute Gasteiger partial charge is 0.0642 e. The molecule has 112 valence electrons. The fourth-order valence-electron chi connectivity index (χ4n) is 2.94. The van der Waals surface area contributed by atoms with Gasteiger partial charge in [-0.25, -0.2) is 0 Å². The fraction of sp³-hybridized carbons (Fsp3) is 0.625. The molecule has 0 aromatic heterocycles. The van der Waals surface area contributed by atoms with Crippen molar-refractivity contribution < 1.29 is 0 Å². The maximum absolute atomic E-state index is 6.42. The Morgan fingerprint density at radius 2 is 2.00 bits per heavy atom. The van der Waals surface area contributed by atoms with Crippen molar-refractivity contribution in [2.24, 2.45) is 11.7 Å². The van der Waals surface area contributed by atoms with E-state index in [1.54, 1.807) is 0 Å². The van der Waals surface area contributed by atoms with Crippen molar-refractivity contribution in [3.8, 4) is 0 Å². The first-order valence-corrected chi connectivity index (χ1v) is 7.80. The molecular weight excluding hydrogens is 270 g/mol. The van der Waals surface area contributed by atoms with Gasteiger partial charge in [-0.15, -0.1) is 0 Å². The first kappa shape index (κ1) is 15.6. The normalized spacial score (nSPS) is 18.6. The van der Waals surface area contributed by atoms with Crippen molar-refractivity contribution >= 4 is 17.3 Å². The molecule has 1 fully saturated rings. The molecule has 1 aliphatic rings. The second kappa shape index (κ2) is 6.79. The lowest BCUT2D eigenvalue weighted by molar-refractivity contribution is 0.285. The molecule has 2 N–H and O–H groups in total. The topological polar surface area (TPSA) is 32.5 Å². The molecule has 1 aromatic rings. The maximum Gasteiger partial charge on any atom is 0.0642 e. The number of benzene rings is 1. The minimum absolute atomic E-state index is 0.0346. The number of hydrogen-bond donors (Lipinski definition) is 1. The van der Waals surface area contributed by atoms with Crippen LogP contribution in [0.1, 0.15) is 31.4 Å². The van der Waals surface area contributed by atoms with E-state index < -0.39 is 0 Å². The predicted octanol–water partition coefficient (Wildman–Crippen LogP) is 3.14. The predicted molar refractivity (Wildman–Crippen MR) is 87.5 cm³/mol. The second-order valence-corrected chi connectivity index (χ2v) is 6.60. The maximum atomic E-state index is 6.42. The fourth-order valence-corrected chi connectivity index (χ4v) is 3.24. The van der Waals surface area contributed by atoms with Gasteiger partial charge in [0.25, 0.3) is 0 Å². The molecule has 0 saturated carbocycles. The molecular formula is C16H26ClN3. The third kappa shape index (κ3) is 3.87. The van der Waals surface area contributed by atoms with Crippen molar-refractivity contribution in [3.63, 3.8) is 0 Å². The number of hydrogen-bond acceptors (Lipinski definition) is 3.